The highest BCUT2D eigenvalue weighted by molar-refractivity contribution is 5.94. The number of urea groups is 1. The predicted molar refractivity (Wildman–Crippen MR) is 93.7 cm³/mol. The highest BCUT2D eigenvalue weighted by Crippen LogP contribution is 2.15. The Hall–Kier alpha value is -2.82. The Morgan fingerprint density at radius 1 is 1.08 bits per heavy atom. The zero-order valence-electron chi connectivity index (χ0n) is 13.4. The van der Waals surface area contributed by atoms with E-state index in [4.69, 9.17) is 0 Å². The average Bonchev–Trinajstić information content (AvgIpc) is 2.79. The first-order chi connectivity index (χ1) is 11.7. The highest BCUT2D eigenvalue weighted by Gasteiger charge is 2.31. The van der Waals surface area contributed by atoms with Crippen molar-refractivity contribution in [3.05, 3.63) is 66.2 Å². The lowest BCUT2D eigenvalue weighted by Gasteiger charge is -2.28. The van der Waals surface area contributed by atoms with Gasteiger partial charge in [0.25, 0.3) is 0 Å². The number of amides is 3. The number of hydrogen-bond acceptors (Lipinski definition) is 2. The SMILES string of the molecule is O=C1NCCCN(C(=O)Nc2ccccc2)[C@H]1Cc1ccccc1. The molecule has 3 rings (SSSR count). The molecule has 1 fully saturated rings. The lowest BCUT2D eigenvalue weighted by Crippen LogP contribution is -2.50. The Balaban J connectivity index is 1.78. The molecule has 1 aliphatic rings. The molecule has 0 aromatic heterocycles. The van der Waals surface area contributed by atoms with E-state index < -0.39 is 6.04 Å². The Bertz CT molecular complexity index is 688. The molecule has 1 atom stereocenters. The van der Waals surface area contributed by atoms with E-state index in [0.717, 1.165) is 17.7 Å². The summed E-state index contributed by atoms with van der Waals surface area (Å²) >= 11 is 0. The standard InChI is InChI=1S/C19H21N3O2/c23-18-17(14-15-8-3-1-4-9-15)22(13-7-12-20-18)19(24)21-16-10-5-2-6-11-16/h1-6,8-11,17H,7,12-14H2,(H,20,23)(H,21,24)/t17-/m0/s1. The molecule has 2 N–H and O–H groups in total. The van der Waals surface area contributed by atoms with E-state index in [1.807, 2.05) is 60.7 Å². The van der Waals surface area contributed by atoms with Gasteiger partial charge in [0.1, 0.15) is 6.04 Å². The maximum atomic E-state index is 12.7. The minimum atomic E-state index is -0.501. The fraction of sp³-hybridized carbons (Fsp3) is 0.263. The molecule has 0 saturated carbocycles. The first-order valence-electron chi connectivity index (χ1n) is 8.18. The first-order valence-corrected chi connectivity index (χ1v) is 8.18. The largest absolute Gasteiger partial charge is 0.354 e. The smallest absolute Gasteiger partial charge is 0.322 e. The van der Waals surface area contributed by atoms with E-state index in [9.17, 15) is 9.59 Å². The molecule has 24 heavy (non-hydrogen) atoms. The molecule has 1 saturated heterocycles. The van der Waals surface area contributed by atoms with Crippen LogP contribution in [0.15, 0.2) is 60.7 Å². The molecule has 0 bridgehead atoms. The van der Waals surface area contributed by atoms with Gasteiger partial charge in [-0.15, -0.1) is 0 Å². The second-order valence-electron chi connectivity index (χ2n) is 5.84. The molecular formula is C19H21N3O2. The summed E-state index contributed by atoms with van der Waals surface area (Å²) in [6.07, 6.45) is 1.26. The van der Waals surface area contributed by atoms with Crippen LogP contribution in [0.2, 0.25) is 0 Å². The number of rotatable bonds is 3. The van der Waals surface area contributed by atoms with Gasteiger partial charge >= 0.3 is 6.03 Å². The zero-order valence-corrected chi connectivity index (χ0v) is 13.4. The van der Waals surface area contributed by atoms with E-state index >= 15 is 0 Å². The average molecular weight is 323 g/mol. The van der Waals surface area contributed by atoms with Gasteiger partial charge in [-0.3, -0.25) is 4.79 Å². The Morgan fingerprint density at radius 3 is 2.46 bits per heavy atom. The van der Waals surface area contributed by atoms with Gasteiger partial charge < -0.3 is 15.5 Å². The molecule has 2 aromatic carbocycles. The topological polar surface area (TPSA) is 61.4 Å². The van der Waals surface area contributed by atoms with Gasteiger partial charge in [0.05, 0.1) is 0 Å². The maximum Gasteiger partial charge on any atom is 0.322 e. The summed E-state index contributed by atoms with van der Waals surface area (Å²) < 4.78 is 0. The molecule has 0 aliphatic carbocycles. The lowest BCUT2D eigenvalue weighted by atomic mass is 10.0. The number of carbonyl (C=O) groups excluding carboxylic acids is 2. The monoisotopic (exact) mass is 323 g/mol. The van der Waals surface area contributed by atoms with Crippen molar-refractivity contribution >= 4 is 17.6 Å². The number of nitrogens with zero attached hydrogens (tertiary/aromatic N) is 1. The van der Waals surface area contributed by atoms with Crippen molar-refractivity contribution in [2.45, 2.75) is 18.9 Å². The minimum Gasteiger partial charge on any atom is -0.354 e. The molecule has 5 nitrogen and oxygen atoms in total. The summed E-state index contributed by atoms with van der Waals surface area (Å²) in [6.45, 7) is 1.15. The van der Waals surface area contributed by atoms with Crippen molar-refractivity contribution in [2.75, 3.05) is 18.4 Å². The van der Waals surface area contributed by atoms with Crippen molar-refractivity contribution in [3.63, 3.8) is 0 Å². The van der Waals surface area contributed by atoms with E-state index in [-0.39, 0.29) is 11.9 Å². The molecule has 0 spiro atoms. The summed E-state index contributed by atoms with van der Waals surface area (Å²) in [6, 6.07) is 18.3. The van der Waals surface area contributed by atoms with Gasteiger partial charge in [-0.05, 0) is 24.1 Å². The molecule has 3 amide bonds. The van der Waals surface area contributed by atoms with Crippen LogP contribution >= 0.6 is 0 Å². The van der Waals surface area contributed by atoms with Crippen LogP contribution in [-0.2, 0) is 11.2 Å². The summed E-state index contributed by atoms with van der Waals surface area (Å²) in [5.74, 6) is -0.0976. The van der Waals surface area contributed by atoms with Crippen molar-refractivity contribution in [2.24, 2.45) is 0 Å². The number of hydrogen-bond donors (Lipinski definition) is 2. The number of nitrogens with one attached hydrogen (secondary N) is 2. The van der Waals surface area contributed by atoms with Crippen LogP contribution in [0, 0.1) is 0 Å². The van der Waals surface area contributed by atoms with Crippen molar-refractivity contribution in [1.82, 2.24) is 10.2 Å². The van der Waals surface area contributed by atoms with Gasteiger partial charge in [-0.25, -0.2) is 4.79 Å². The van der Waals surface area contributed by atoms with Gasteiger partial charge in [-0.2, -0.15) is 0 Å². The van der Waals surface area contributed by atoms with Crippen LogP contribution in [0.25, 0.3) is 0 Å². The van der Waals surface area contributed by atoms with Crippen LogP contribution in [0.3, 0.4) is 0 Å². The van der Waals surface area contributed by atoms with Gasteiger partial charge in [0, 0.05) is 25.2 Å². The lowest BCUT2D eigenvalue weighted by molar-refractivity contribution is -0.124. The molecule has 1 heterocycles. The number of anilines is 1. The third-order valence-electron chi connectivity index (χ3n) is 4.11. The third kappa shape index (κ3) is 3.93. The van der Waals surface area contributed by atoms with Gasteiger partial charge in [-0.1, -0.05) is 48.5 Å². The highest BCUT2D eigenvalue weighted by atomic mass is 16.2. The third-order valence-corrected chi connectivity index (χ3v) is 4.11. The minimum absolute atomic E-state index is 0.0976. The predicted octanol–water partition coefficient (Wildman–Crippen LogP) is 2.65. The van der Waals surface area contributed by atoms with E-state index in [2.05, 4.69) is 10.6 Å². The van der Waals surface area contributed by atoms with Crippen LogP contribution < -0.4 is 10.6 Å². The second-order valence-corrected chi connectivity index (χ2v) is 5.84. The van der Waals surface area contributed by atoms with Crippen molar-refractivity contribution in [3.8, 4) is 0 Å². The summed E-state index contributed by atoms with van der Waals surface area (Å²) in [7, 11) is 0. The van der Waals surface area contributed by atoms with Gasteiger partial charge in [0.15, 0.2) is 0 Å². The number of carbonyl (C=O) groups is 2. The van der Waals surface area contributed by atoms with Gasteiger partial charge in [0.2, 0.25) is 5.91 Å². The summed E-state index contributed by atoms with van der Waals surface area (Å²) in [5.41, 5.74) is 1.77. The fourth-order valence-electron chi connectivity index (χ4n) is 2.88. The van der Waals surface area contributed by atoms with Crippen molar-refractivity contribution in [1.29, 1.82) is 0 Å². The fourth-order valence-corrected chi connectivity index (χ4v) is 2.88. The second kappa shape index (κ2) is 7.64. The molecule has 0 radical (unpaired) electrons. The van der Waals surface area contributed by atoms with Crippen LogP contribution in [-0.4, -0.2) is 36.0 Å². The Labute approximate surface area is 141 Å². The molecular weight excluding hydrogens is 302 g/mol. The van der Waals surface area contributed by atoms with Crippen LogP contribution in [0.4, 0.5) is 10.5 Å². The van der Waals surface area contributed by atoms with Crippen molar-refractivity contribution < 1.29 is 9.59 Å². The normalized spacial score (nSPS) is 17.8. The molecule has 5 heteroatoms. The molecule has 124 valence electrons. The summed E-state index contributed by atoms with van der Waals surface area (Å²) in [4.78, 5) is 26.8. The number of benzene rings is 2. The van der Waals surface area contributed by atoms with Crippen LogP contribution in [0.1, 0.15) is 12.0 Å². The molecule has 2 aromatic rings. The first kappa shape index (κ1) is 16.1. The van der Waals surface area contributed by atoms with Crippen LogP contribution in [0.5, 0.6) is 0 Å². The Morgan fingerprint density at radius 2 is 1.75 bits per heavy atom. The maximum absolute atomic E-state index is 12.7. The van der Waals surface area contributed by atoms with E-state index in [0.29, 0.717) is 19.5 Å². The Kier molecular flexibility index (Phi) is 5.11. The molecule has 1 aliphatic heterocycles. The number of para-hydroxylation sites is 1. The zero-order chi connectivity index (χ0) is 16.8. The summed E-state index contributed by atoms with van der Waals surface area (Å²) in [5, 5.41) is 5.79. The van der Waals surface area contributed by atoms with E-state index in [1.165, 1.54) is 0 Å². The quantitative estimate of drug-likeness (QED) is 0.912. The molecule has 0 unspecified atom stereocenters. The van der Waals surface area contributed by atoms with E-state index in [1.54, 1.807) is 4.90 Å².